The zero-order valence-corrected chi connectivity index (χ0v) is 24.2. The number of carbonyl (C=O) groups is 3. The second-order valence-electron chi connectivity index (χ2n) is 10.5. The number of rotatable bonds is 11. The number of fused-ring (bicyclic) bond motifs is 1. The van der Waals surface area contributed by atoms with E-state index in [2.05, 4.69) is 15.6 Å². The molecule has 0 aliphatic rings. The van der Waals surface area contributed by atoms with Gasteiger partial charge in [0.1, 0.15) is 23.1 Å². The molecule has 3 aromatic carbocycles. The molecule has 0 bridgehead atoms. The Morgan fingerprint density at radius 1 is 0.930 bits per heavy atom. The maximum absolute atomic E-state index is 12.4. The predicted octanol–water partition coefficient (Wildman–Crippen LogP) is 6.03. The number of methoxy groups -OCH3 is 1. The zero-order chi connectivity index (χ0) is 31.0. The molecule has 224 valence electrons. The Kier molecular flexibility index (Phi) is 9.66. The lowest BCUT2D eigenvalue weighted by Gasteiger charge is -2.22. The smallest absolute Gasteiger partial charge is 0.408 e. The number of ether oxygens (including phenoxy) is 4. The first kappa shape index (κ1) is 30.6. The lowest BCUT2D eigenvalue weighted by molar-refractivity contribution is -0.139. The Bertz CT molecular complexity index is 1580. The molecule has 11 heteroatoms. The maximum Gasteiger partial charge on any atom is 0.408 e. The van der Waals surface area contributed by atoms with E-state index in [-0.39, 0.29) is 18.9 Å². The number of carboxylic acid groups (broad SMARTS) is 1. The first-order valence-electron chi connectivity index (χ1n) is 13.5. The monoisotopic (exact) mass is 587 g/mol. The van der Waals surface area contributed by atoms with Gasteiger partial charge in [-0.2, -0.15) is 0 Å². The molecule has 4 rings (SSSR count). The summed E-state index contributed by atoms with van der Waals surface area (Å²) in [4.78, 5) is 40.5. The third-order valence-electron chi connectivity index (χ3n) is 6.02. The zero-order valence-electron chi connectivity index (χ0n) is 24.2. The number of amides is 2. The van der Waals surface area contributed by atoms with Crippen LogP contribution in [0.25, 0.3) is 10.9 Å². The third-order valence-corrected chi connectivity index (χ3v) is 6.02. The fourth-order valence-corrected chi connectivity index (χ4v) is 4.01. The van der Waals surface area contributed by atoms with Gasteiger partial charge in [0, 0.05) is 35.3 Å². The molecular formula is C32H33N3O8. The summed E-state index contributed by atoms with van der Waals surface area (Å²) in [7, 11) is 1.48. The van der Waals surface area contributed by atoms with Crippen molar-refractivity contribution in [1.29, 1.82) is 0 Å². The lowest BCUT2D eigenvalue weighted by atomic mass is 10.1. The number of alkyl carbamates (subject to hydrolysis) is 1. The first-order chi connectivity index (χ1) is 20.5. The highest BCUT2D eigenvalue weighted by Crippen LogP contribution is 2.37. The molecule has 0 fully saturated rings. The normalized spacial score (nSPS) is 11.7. The van der Waals surface area contributed by atoms with Crippen LogP contribution in [0.2, 0.25) is 0 Å². The van der Waals surface area contributed by atoms with E-state index in [9.17, 15) is 19.5 Å². The van der Waals surface area contributed by atoms with Crippen molar-refractivity contribution in [2.24, 2.45) is 0 Å². The average molecular weight is 588 g/mol. The van der Waals surface area contributed by atoms with E-state index in [0.717, 1.165) is 0 Å². The van der Waals surface area contributed by atoms with Crippen LogP contribution in [0.1, 0.15) is 37.6 Å². The highest BCUT2D eigenvalue weighted by Gasteiger charge is 2.24. The van der Waals surface area contributed by atoms with Gasteiger partial charge in [-0.15, -0.1) is 0 Å². The summed E-state index contributed by atoms with van der Waals surface area (Å²) in [6.45, 7) is 5.03. The molecule has 3 N–H and O–H groups in total. The number of carboxylic acids is 1. The van der Waals surface area contributed by atoms with Crippen LogP contribution >= 0.6 is 0 Å². The van der Waals surface area contributed by atoms with Crippen molar-refractivity contribution in [3.8, 4) is 23.0 Å². The van der Waals surface area contributed by atoms with Gasteiger partial charge in [-0.1, -0.05) is 18.2 Å². The van der Waals surface area contributed by atoms with Crippen LogP contribution in [-0.4, -0.2) is 53.4 Å². The second-order valence-corrected chi connectivity index (χ2v) is 10.5. The summed E-state index contributed by atoms with van der Waals surface area (Å²) >= 11 is 0. The summed E-state index contributed by atoms with van der Waals surface area (Å²) in [5, 5.41) is 15.4. The highest BCUT2D eigenvalue weighted by atomic mass is 16.6. The quantitative estimate of drug-likeness (QED) is 0.191. The third kappa shape index (κ3) is 8.59. The Hall–Kier alpha value is -5.32. The molecule has 2 amide bonds. The van der Waals surface area contributed by atoms with E-state index >= 15 is 0 Å². The molecule has 0 unspecified atom stereocenters. The summed E-state index contributed by atoms with van der Waals surface area (Å²) in [5.41, 5.74) is 0.973. The van der Waals surface area contributed by atoms with Gasteiger partial charge < -0.3 is 34.7 Å². The first-order valence-corrected chi connectivity index (χ1v) is 13.5. The Balaban J connectivity index is 1.43. The van der Waals surface area contributed by atoms with Gasteiger partial charge in [-0.25, -0.2) is 9.59 Å². The van der Waals surface area contributed by atoms with Crippen molar-refractivity contribution >= 4 is 34.6 Å². The minimum Gasteiger partial charge on any atom is -0.493 e. The molecule has 1 atom stereocenters. The molecule has 0 radical (unpaired) electrons. The Morgan fingerprint density at radius 3 is 2.30 bits per heavy atom. The topological polar surface area (TPSA) is 145 Å². The number of aromatic nitrogens is 1. The van der Waals surface area contributed by atoms with Crippen LogP contribution in [0.4, 0.5) is 10.5 Å². The number of nitrogens with one attached hydrogen (secondary N) is 2. The van der Waals surface area contributed by atoms with Gasteiger partial charge in [0.25, 0.3) is 5.91 Å². The number of pyridine rings is 1. The number of aliphatic carboxylic acids is 1. The Morgan fingerprint density at radius 2 is 1.65 bits per heavy atom. The van der Waals surface area contributed by atoms with Crippen molar-refractivity contribution in [1.82, 2.24) is 10.3 Å². The van der Waals surface area contributed by atoms with Crippen molar-refractivity contribution in [2.45, 2.75) is 38.8 Å². The summed E-state index contributed by atoms with van der Waals surface area (Å²) in [6.07, 6.45) is 0.744. The van der Waals surface area contributed by atoms with Crippen molar-refractivity contribution in [3.63, 3.8) is 0 Å². The van der Waals surface area contributed by atoms with Gasteiger partial charge in [-0.3, -0.25) is 9.78 Å². The minimum absolute atomic E-state index is 0.0197. The van der Waals surface area contributed by atoms with E-state index < -0.39 is 23.7 Å². The molecule has 0 aliphatic heterocycles. The molecule has 4 aromatic rings. The number of hydrogen-bond acceptors (Lipinski definition) is 8. The maximum atomic E-state index is 12.4. The van der Waals surface area contributed by atoms with Crippen LogP contribution < -0.4 is 24.8 Å². The highest BCUT2D eigenvalue weighted by molar-refractivity contribution is 6.04. The standard InChI is InChI=1S/C32H33N3O8/c1-32(2,3)43-31(39)35-24(30(37)38)15-17-41-28-19-25-23(18-27(28)40-4)26(14-16-33-25)42-22-12-10-21(11-13-22)34-29(36)20-8-6-5-7-9-20/h5-14,16,18-19,24H,15,17H2,1-4H3,(H,34,36)(H,35,39)(H,37,38)/t24-/m0/s1. The Labute approximate surface area is 248 Å². The van der Waals surface area contributed by atoms with E-state index in [1.54, 1.807) is 93.7 Å². The summed E-state index contributed by atoms with van der Waals surface area (Å²) < 4.78 is 22.6. The number of benzene rings is 3. The van der Waals surface area contributed by atoms with Gasteiger partial charge in [0.05, 0.1) is 19.2 Å². The fraction of sp³-hybridized carbons (Fsp3) is 0.250. The molecule has 43 heavy (non-hydrogen) atoms. The summed E-state index contributed by atoms with van der Waals surface area (Å²) in [5.74, 6) is 0.369. The number of carbonyl (C=O) groups excluding carboxylic acids is 2. The number of nitrogens with zero attached hydrogens (tertiary/aromatic N) is 1. The summed E-state index contributed by atoms with van der Waals surface area (Å²) in [6, 6.07) is 19.8. The van der Waals surface area contributed by atoms with Gasteiger partial charge in [0.15, 0.2) is 11.5 Å². The molecular weight excluding hydrogens is 554 g/mol. The van der Waals surface area contributed by atoms with Crippen LogP contribution in [0, 0.1) is 0 Å². The predicted molar refractivity (Wildman–Crippen MR) is 160 cm³/mol. The molecule has 1 heterocycles. The molecule has 11 nitrogen and oxygen atoms in total. The van der Waals surface area contributed by atoms with Gasteiger partial charge in [-0.05, 0) is 69.3 Å². The van der Waals surface area contributed by atoms with Crippen LogP contribution in [0.5, 0.6) is 23.0 Å². The molecule has 1 aromatic heterocycles. The molecule has 0 saturated heterocycles. The van der Waals surface area contributed by atoms with Gasteiger partial charge in [0.2, 0.25) is 0 Å². The van der Waals surface area contributed by atoms with Crippen molar-refractivity contribution in [2.75, 3.05) is 19.0 Å². The molecule has 0 saturated carbocycles. The largest absolute Gasteiger partial charge is 0.493 e. The van der Waals surface area contributed by atoms with Crippen LogP contribution in [0.15, 0.2) is 79.0 Å². The van der Waals surface area contributed by atoms with E-state index in [0.29, 0.717) is 45.2 Å². The second kappa shape index (κ2) is 13.6. The van der Waals surface area contributed by atoms with Crippen molar-refractivity contribution < 1.29 is 38.4 Å². The van der Waals surface area contributed by atoms with Gasteiger partial charge >= 0.3 is 12.1 Å². The molecule has 0 spiro atoms. The van der Waals surface area contributed by atoms with E-state index in [4.69, 9.17) is 18.9 Å². The minimum atomic E-state index is -1.21. The molecule has 0 aliphatic carbocycles. The fourth-order valence-electron chi connectivity index (χ4n) is 4.01. The SMILES string of the molecule is COc1cc2c(Oc3ccc(NC(=O)c4ccccc4)cc3)ccnc2cc1OCC[C@H](NC(=O)OC(C)(C)C)C(=O)O. The van der Waals surface area contributed by atoms with E-state index in [1.807, 2.05) is 6.07 Å². The van der Waals surface area contributed by atoms with Crippen LogP contribution in [-0.2, 0) is 9.53 Å². The van der Waals surface area contributed by atoms with Crippen LogP contribution in [0.3, 0.4) is 0 Å². The number of anilines is 1. The van der Waals surface area contributed by atoms with E-state index in [1.165, 1.54) is 7.11 Å². The number of hydrogen-bond donors (Lipinski definition) is 3. The van der Waals surface area contributed by atoms with Crippen molar-refractivity contribution in [3.05, 3.63) is 84.6 Å². The lowest BCUT2D eigenvalue weighted by Crippen LogP contribution is -2.44. The average Bonchev–Trinajstić information content (AvgIpc) is 2.97.